The Morgan fingerprint density at radius 1 is 1.18 bits per heavy atom. The molecule has 8 nitrogen and oxygen atoms in total. The number of amides is 3. The van der Waals surface area contributed by atoms with Gasteiger partial charge in [-0.3, -0.25) is 14.4 Å². The Kier molecular flexibility index (Phi) is 5.13. The van der Waals surface area contributed by atoms with Gasteiger partial charge in [-0.1, -0.05) is 36.9 Å². The number of morpholine rings is 1. The van der Waals surface area contributed by atoms with Crippen LogP contribution in [0.5, 0.6) is 5.75 Å². The molecule has 3 heterocycles. The van der Waals surface area contributed by atoms with Gasteiger partial charge in [-0.2, -0.15) is 0 Å². The van der Waals surface area contributed by atoms with Crippen LogP contribution >= 0.6 is 0 Å². The zero-order valence-corrected chi connectivity index (χ0v) is 18.6. The van der Waals surface area contributed by atoms with E-state index in [1.54, 1.807) is 4.90 Å². The minimum absolute atomic E-state index is 0.00625. The maximum Gasteiger partial charge on any atom is 0.255 e. The topological polar surface area (TPSA) is 88.2 Å². The van der Waals surface area contributed by atoms with Crippen LogP contribution in [0.2, 0.25) is 0 Å². The summed E-state index contributed by atoms with van der Waals surface area (Å²) >= 11 is 0. The quantitative estimate of drug-likeness (QED) is 0.709. The third-order valence-electron chi connectivity index (χ3n) is 6.15. The lowest BCUT2D eigenvalue weighted by Crippen LogP contribution is -2.49. The summed E-state index contributed by atoms with van der Waals surface area (Å²) in [6.07, 6.45) is 0.700. The molecule has 0 bridgehead atoms. The standard InChI is InChI=1S/C26H27N3O5/c1-17-5-10-22(25(31)27-17)29-14-21-20(26(29)32)3-2-4-23(21)34-15-19-8-6-18(7-9-19)13-28-11-12-33-16-24(28)30/h2-4,6-9,22H,1,5,10-16H2,(H,27,31)/i2D,14D2. The van der Waals surface area contributed by atoms with Crippen LogP contribution in [0.15, 0.2) is 54.7 Å². The number of nitrogens with one attached hydrogen (secondary N) is 1. The van der Waals surface area contributed by atoms with Gasteiger partial charge in [0.2, 0.25) is 11.8 Å². The van der Waals surface area contributed by atoms with Crippen molar-refractivity contribution >= 4 is 17.7 Å². The Balaban J connectivity index is 1.34. The molecule has 34 heavy (non-hydrogen) atoms. The van der Waals surface area contributed by atoms with E-state index in [1.165, 1.54) is 12.1 Å². The lowest BCUT2D eigenvalue weighted by atomic mass is 10.0. The van der Waals surface area contributed by atoms with E-state index in [9.17, 15) is 14.4 Å². The molecule has 2 fully saturated rings. The van der Waals surface area contributed by atoms with Crippen LogP contribution in [0, 0.1) is 0 Å². The van der Waals surface area contributed by atoms with Crippen molar-refractivity contribution in [2.24, 2.45) is 0 Å². The molecule has 0 saturated carbocycles. The first-order valence-corrected chi connectivity index (χ1v) is 11.2. The molecule has 3 aliphatic rings. The maximum absolute atomic E-state index is 13.3. The lowest BCUT2D eigenvalue weighted by molar-refractivity contribution is -0.143. The van der Waals surface area contributed by atoms with E-state index < -0.39 is 24.4 Å². The molecule has 0 radical (unpaired) electrons. The molecular formula is C26H27N3O5. The molecule has 1 N–H and O–H groups in total. The number of carbonyl (C=O) groups is 3. The van der Waals surface area contributed by atoms with Crippen LogP contribution < -0.4 is 10.1 Å². The molecule has 2 saturated heterocycles. The van der Waals surface area contributed by atoms with Crippen molar-refractivity contribution in [3.8, 4) is 5.75 Å². The largest absolute Gasteiger partial charge is 0.489 e. The average Bonchev–Trinajstić information content (AvgIpc) is 3.05. The van der Waals surface area contributed by atoms with Gasteiger partial charge >= 0.3 is 0 Å². The normalized spacial score (nSPS) is 23.2. The van der Waals surface area contributed by atoms with E-state index in [0.29, 0.717) is 31.8 Å². The summed E-state index contributed by atoms with van der Waals surface area (Å²) in [5.41, 5.74) is 2.33. The minimum atomic E-state index is -2.30. The summed E-state index contributed by atoms with van der Waals surface area (Å²) in [4.78, 5) is 40.5. The Hall–Kier alpha value is -3.65. The van der Waals surface area contributed by atoms with E-state index in [1.807, 2.05) is 24.3 Å². The predicted octanol–water partition coefficient (Wildman–Crippen LogP) is 2.37. The van der Waals surface area contributed by atoms with Crippen LogP contribution in [0.4, 0.5) is 0 Å². The van der Waals surface area contributed by atoms with Gasteiger partial charge in [0, 0.05) is 29.9 Å². The Bertz CT molecular complexity index is 1280. The summed E-state index contributed by atoms with van der Waals surface area (Å²) in [5, 5.41) is 2.61. The van der Waals surface area contributed by atoms with Crippen molar-refractivity contribution in [2.45, 2.75) is 38.5 Å². The number of fused-ring (bicyclic) bond motifs is 1. The Morgan fingerprint density at radius 3 is 2.74 bits per heavy atom. The highest BCUT2D eigenvalue weighted by Crippen LogP contribution is 2.34. The Labute approximate surface area is 202 Å². The molecule has 1 unspecified atom stereocenters. The molecule has 176 valence electrons. The first-order chi connectivity index (χ1) is 17.6. The van der Waals surface area contributed by atoms with E-state index in [4.69, 9.17) is 13.6 Å². The Morgan fingerprint density at radius 2 is 1.97 bits per heavy atom. The lowest BCUT2D eigenvalue weighted by Gasteiger charge is -2.31. The number of benzene rings is 2. The van der Waals surface area contributed by atoms with Crippen LogP contribution in [-0.4, -0.2) is 53.3 Å². The molecule has 2 aromatic carbocycles. The summed E-state index contributed by atoms with van der Waals surface area (Å²) in [5.74, 6) is -1.08. The molecule has 1 atom stereocenters. The van der Waals surface area contributed by atoms with Crippen molar-refractivity contribution in [3.05, 3.63) is 77.0 Å². The molecule has 0 aromatic heterocycles. The fourth-order valence-electron chi connectivity index (χ4n) is 4.24. The number of nitrogens with zero attached hydrogens (tertiary/aromatic N) is 2. The highest BCUT2D eigenvalue weighted by molar-refractivity contribution is 6.02. The number of ether oxygens (including phenoxy) is 2. The van der Waals surface area contributed by atoms with Gasteiger partial charge in [-0.15, -0.1) is 0 Å². The number of allylic oxidation sites excluding steroid dienone is 1. The first kappa shape index (κ1) is 18.7. The number of hydrogen-bond acceptors (Lipinski definition) is 5. The van der Waals surface area contributed by atoms with Crippen molar-refractivity contribution in [3.63, 3.8) is 0 Å². The van der Waals surface area contributed by atoms with Gasteiger partial charge in [-0.05, 0) is 36.1 Å². The molecule has 3 amide bonds. The molecule has 8 heteroatoms. The zero-order chi connectivity index (χ0) is 26.3. The van der Waals surface area contributed by atoms with Gasteiger partial charge in [0.05, 0.1) is 17.2 Å². The van der Waals surface area contributed by atoms with Gasteiger partial charge < -0.3 is 24.6 Å². The van der Waals surface area contributed by atoms with Crippen molar-refractivity contribution in [2.75, 3.05) is 19.8 Å². The summed E-state index contributed by atoms with van der Waals surface area (Å²) in [6, 6.07) is 9.21. The van der Waals surface area contributed by atoms with E-state index in [-0.39, 0.29) is 48.5 Å². The minimum Gasteiger partial charge on any atom is -0.489 e. The molecule has 0 spiro atoms. The third-order valence-corrected chi connectivity index (χ3v) is 6.15. The third kappa shape index (κ3) is 4.41. The van der Waals surface area contributed by atoms with Gasteiger partial charge in [0.25, 0.3) is 5.91 Å². The molecule has 3 aliphatic heterocycles. The summed E-state index contributed by atoms with van der Waals surface area (Å²) < 4.78 is 36.8. The zero-order valence-electron chi connectivity index (χ0n) is 21.6. The fraction of sp³-hybridized carbons (Fsp3) is 0.346. The van der Waals surface area contributed by atoms with Gasteiger partial charge in [0.15, 0.2) is 0 Å². The van der Waals surface area contributed by atoms with Gasteiger partial charge in [0.1, 0.15) is 25.0 Å². The molecular weight excluding hydrogens is 434 g/mol. The summed E-state index contributed by atoms with van der Waals surface area (Å²) in [6.45, 7) is 3.17. The second-order valence-corrected chi connectivity index (χ2v) is 8.52. The second-order valence-electron chi connectivity index (χ2n) is 8.52. The number of piperidine rings is 1. The molecule has 5 rings (SSSR count). The fourth-order valence-corrected chi connectivity index (χ4v) is 4.24. The van der Waals surface area contributed by atoms with Crippen LogP contribution in [-0.2, 0) is 34.0 Å². The number of carbonyl (C=O) groups excluding carboxylic acids is 3. The van der Waals surface area contributed by atoms with Crippen molar-refractivity contribution < 1.29 is 28.0 Å². The smallest absolute Gasteiger partial charge is 0.255 e. The van der Waals surface area contributed by atoms with Crippen molar-refractivity contribution in [1.29, 1.82) is 0 Å². The van der Waals surface area contributed by atoms with Crippen LogP contribution in [0.25, 0.3) is 0 Å². The summed E-state index contributed by atoms with van der Waals surface area (Å²) in [7, 11) is 0. The molecule has 2 aromatic rings. The van der Waals surface area contributed by atoms with E-state index in [2.05, 4.69) is 11.9 Å². The van der Waals surface area contributed by atoms with E-state index >= 15 is 0 Å². The predicted molar refractivity (Wildman–Crippen MR) is 124 cm³/mol. The highest BCUT2D eigenvalue weighted by atomic mass is 16.5. The number of rotatable bonds is 6. The number of hydrogen-bond donors (Lipinski definition) is 1. The van der Waals surface area contributed by atoms with Crippen molar-refractivity contribution in [1.82, 2.24) is 15.1 Å². The van der Waals surface area contributed by atoms with Crippen LogP contribution in [0.1, 0.15) is 44.0 Å². The average molecular weight is 465 g/mol. The highest BCUT2D eigenvalue weighted by Gasteiger charge is 2.39. The SMILES string of the molecule is [2H]c1cc(OCc2ccc(CN3CCOCC3=O)cc2)c2c(c1)C(=O)N(C1CCC(=C)NC1=O)C2([2H])[2H]. The first-order valence-electron chi connectivity index (χ1n) is 12.7. The monoisotopic (exact) mass is 464 g/mol. The van der Waals surface area contributed by atoms with E-state index in [0.717, 1.165) is 16.0 Å². The van der Waals surface area contributed by atoms with Gasteiger partial charge in [-0.25, -0.2) is 0 Å². The van der Waals surface area contributed by atoms with Crippen LogP contribution in [0.3, 0.4) is 0 Å². The molecule has 0 aliphatic carbocycles. The second kappa shape index (κ2) is 9.30. The maximum atomic E-state index is 13.3.